The molecule has 0 spiro atoms. The lowest BCUT2D eigenvalue weighted by Gasteiger charge is -2.62. The van der Waals surface area contributed by atoms with E-state index in [2.05, 4.69) is 26.8 Å². The van der Waals surface area contributed by atoms with Gasteiger partial charge in [-0.2, -0.15) is 0 Å². The number of hydrogen-bond donors (Lipinski definition) is 1. The van der Waals surface area contributed by atoms with Gasteiger partial charge in [-0.3, -0.25) is 0 Å². The zero-order valence-corrected chi connectivity index (χ0v) is 19.6. The van der Waals surface area contributed by atoms with Gasteiger partial charge in [0.25, 0.3) is 0 Å². The summed E-state index contributed by atoms with van der Waals surface area (Å²) in [6, 6.07) is 0. The fraction of sp³-hybridized carbons (Fsp3) is 0.926. The third-order valence-corrected chi connectivity index (χ3v) is 10.5. The summed E-state index contributed by atoms with van der Waals surface area (Å²) in [7, 11) is 0. The third-order valence-electron chi connectivity index (χ3n) is 10.5. The molecule has 30 heavy (non-hydrogen) atoms. The summed E-state index contributed by atoms with van der Waals surface area (Å²) >= 11 is 0. The van der Waals surface area contributed by atoms with Crippen LogP contribution in [0.25, 0.3) is 0 Å². The summed E-state index contributed by atoms with van der Waals surface area (Å²) in [5.74, 6) is 3.08. The predicted octanol–water partition coefficient (Wildman–Crippen LogP) is 6.25. The lowest BCUT2D eigenvalue weighted by Crippen LogP contribution is -2.58. The standard InChI is InChI=1S/C27H44O3/c1-4-19-9-11-22-21-10-8-20-17-25(2,28)14-15-27(20,23(21)12-13-26(19,22)3)18-30-24-7-5-6-16-29-24/h4,20-24,28H,5-18H2,1-3H3/t20-,21-,22-,23-,24?,25+,26+,27+/m0/s1. The number of rotatable bonds is 3. The maximum absolute atomic E-state index is 10.9. The summed E-state index contributed by atoms with van der Waals surface area (Å²) in [6.07, 6.45) is 17.0. The molecule has 1 heterocycles. The Labute approximate surface area is 184 Å². The summed E-state index contributed by atoms with van der Waals surface area (Å²) in [4.78, 5) is 0. The Kier molecular flexibility index (Phi) is 5.64. The average molecular weight is 417 g/mol. The van der Waals surface area contributed by atoms with E-state index >= 15 is 0 Å². The highest BCUT2D eigenvalue weighted by atomic mass is 16.7. The molecule has 0 amide bonds. The molecule has 170 valence electrons. The van der Waals surface area contributed by atoms with E-state index in [1.165, 1.54) is 51.4 Å². The van der Waals surface area contributed by atoms with Crippen LogP contribution in [-0.2, 0) is 9.47 Å². The fourth-order valence-corrected chi connectivity index (χ4v) is 8.93. The maximum atomic E-state index is 10.9. The molecule has 1 aliphatic heterocycles. The Hall–Kier alpha value is -0.380. The molecular formula is C27H44O3. The van der Waals surface area contributed by atoms with Crippen molar-refractivity contribution in [1.29, 1.82) is 0 Å². The first kappa shape index (κ1) is 21.5. The number of hydrogen-bond acceptors (Lipinski definition) is 3. The monoisotopic (exact) mass is 416 g/mol. The van der Waals surface area contributed by atoms with E-state index in [-0.39, 0.29) is 11.7 Å². The average Bonchev–Trinajstić information content (AvgIpc) is 3.09. The zero-order chi connectivity index (χ0) is 21.0. The molecule has 0 aromatic carbocycles. The molecule has 0 radical (unpaired) electrons. The Balaban J connectivity index is 1.42. The van der Waals surface area contributed by atoms with Crippen LogP contribution in [-0.4, -0.2) is 30.2 Å². The Morgan fingerprint density at radius 1 is 1.03 bits per heavy atom. The van der Waals surface area contributed by atoms with E-state index in [9.17, 15) is 5.11 Å². The maximum Gasteiger partial charge on any atom is 0.157 e. The van der Waals surface area contributed by atoms with Crippen molar-refractivity contribution in [3.8, 4) is 0 Å². The van der Waals surface area contributed by atoms with Gasteiger partial charge in [-0.25, -0.2) is 0 Å². The molecular weight excluding hydrogens is 372 g/mol. The molecule has 3 heteroatoms. The van der Waals surface area contributed by atoms with Gasteiger partial charge in [0.15, 0.2) is 6.29 Å². The second-order valence-corrected chi connectivity index (χ2v) is 12.0. The van der Waals surface area contributed by atoms with Crippen molar-refractivity contribution in [2.75, 3.05) is 13.2 Å². The molecule has 0 bridgehead atoms. The first-order chi connectivity index (χ1) is 14.4. The van der Waals surface area contributed by atoms with E-state index in [4.69, 9.17) is 9.47 Å². The second kappa shape index (κ2) is 7.89. The van der Waals surface area contributed by atoms with Crippen molar-refractivity contribution >= 4 is 0 Å². The first-order valence-electron chi connectivity index (χ1n) is 13.0. The highest BCUT2D eigenvalue weighted by Crippen LogP contribution is 2.68. The minimum atomic E-state index is -0.489. The molecule has 4 saturated carbocycles. The highest BCUT2D eigenvalue weighted by molar-refractivity contribution is 5.24. The van der Waals surface area contributed by atoms with Crippen LogP contribution < -0.4 is 0 Å². The van der Waals surface area contributed by atoms with Gasteiger partial charge in [-0.05, 0) is 125 Å². The van der Waals surface area contributed by atoms with Crippen LogP contribution in [0.3, 0.4) is 0 Å². The molecule has 5 rings (SSSR count). The van der Waals surface area contributed by atoms with Crippen LogP contribution in [0.2, 0.25) is 0 Å². The van der Waals surface area contributed by atoms with Crippen molar-refractivity contribution in [3.63, 3.8) is 0 Å². The number of fused-ring (bicyclic) bond motifs is 5. The van der Waals surface area contributed by atoms with E-state index in [1.807, 2.05) is 0 Å². The van der Waals surface area contributed by atoms with Crippen LogP contribution in [0.4, 0.5) is 0 Å². The Morgan fingerprint density at radius 2 is 1.90 bits per heavy atom. The van der Waals surface area contributed by atoms with Gasteiger partial charge in [0.1, 0.15) is 0 Å². The summed E-state index contributed by atoms with van der Waals surface area (Å²) in [6.45, 7) is 8.62. The SMILES string of the molecule is CC=C1CC[C@H]2[C@@H]3CC[C@H]4C[C@](C)(O)CC[C@]4(COC4CCCCO4)[C@H]3CC[C@]12C. The van der Waals surface area contributed by atoms with Gasteiger partial charge < -0.3 is 14.6 Å². The van der Waals surface area contributed by atoms with Crippen molar-refractivity contribution in [3.05, 3.63) is 11.6 Å². The van der Waals surface area contributed by atoms with E-state index in [0.717, 1.165) is 56.7 Å². The highest BCUT2D eigenvalue weighted by Gasteiger charge is 2.61. The van der Waals surface area contributed by atoms with E-state index < -0.39 is 5.60 Å². The third kappa shape index (κ3) is 3.42. The molecule has 0 aromatic heterocycles. The zero-order valence-electron chi connectivity index (χ0n) is 19.6. The van der Waals surface area contributed by atoms with E-state index in [1.54, 1.807) is 5.57 Å². The van der Waals surface area contributed by atoms with Gasteiger partial charge in [0.05, 0.1) is 12.2 Å². The minimum absolute atomic E-state index is 0.00607. The first-order valence-corrected chi connectivity index (χ1v) is 13.0. The molecule has 0 aromatic rings. The molecule has 5 aliphatic rings. The van der Waals surface area contributed by atoms with Gasteiger partial charge in [-0.1, -0.05) is 18.6 Å². The van der Waals surface area contributed by atoms with Crippen LogP contribution in [0, 0.1) is 34.5 Å². The van der Waals surface area contributed by atoms with Gasteiger partial charge in [-0.15, -0.1) is 0 Å². The lowest BCUT2D eigenvalue weighted by molar-refractivity contribution is -0.224. The smallest absolute Gasteiger partial charge is 0.157 e. The van der Waals surface area contributed by atoms with Gasteiger partial charge in [0.2, 0.25) is 0 Å². The molecule has 1 saturated heterocycles. The number of allylic oxidation sites excluding steroid dienone is 2. The summed E-state index contributed by atoms with van der Waals surface area (Å²) in [5.41, 5.74) is 1.95. The molecule has 4 aliphatic carbocycles. The molecule has 3 nitrogen and oxygen atoms in total. The molecule has 5 fully saturated rings. The number of ether oxygens (including phenoxy) is 2. The predicted molar refractivity (Wildman–Crippen MR) is 120 cm³/mol. The molecule has 1 N–H and O–H groups in total. The minimum Gasteiger partial charge on any atom is -0.390 e. The summed E-state index contributed by atoms with van der Waals surface area (Å²) in [5, 5.41) is 10.9. The van der Waals surface area contributed by atoms with Crippen molar-refractivity contribution in [2.24, 2.45) is 34.5 Å². The normalized spacial score (nSPS) is 52.5. The van der Waals surface area contributed by atoms with Crippen LogP contribution >= 0.6 is 0 Å². The topological polar surface area (TPSA) is 38.7 Å². The van der Waals surface area contributed by atoms with Crippen molar-refractivity contribution < 1.29 is 14.6 Å². The second-order valence-electron chi connectivity index (χ2n) is 12.0. The molecule has 8 atom stereocenters. The van der Waals surface area contributed by atoms with Crippen LogP contribution in [0.15, 0.2) is 11.6 Å². The van der Waals surface area contributed by atoms with Gasteiger partial charge in [0, 0.05) is 6.61 Å². The van der Waals surface area contributed by atoms with Crippen molar-refractivity contribution in [2.45, 2.75) is 110 Å². The quantitative estimate of drug-likeness (QED) is 0.553. The Bertz CT molecular complexity index is 663. The van der Waals surface area contributed by atoms with Crippen molar-refractivity contribution in [1.82, 2.24) is 0 Å². The van der Waals surface area contributed by atoms with E-state index in [0.29, 0.717) is 11.3 Å². The van der Waals surface area contributed by atoms with Gasteiger partial charge >= 0.3 is 0 Å². The van der Waals surface area contributed by atoms with Crippen LogP contribution in [0.5, 0.6) is 0 Å². The number of aliphatic hydroxyl groups is 1. The largest absolute Gasteiger partial charge is 0.390 e. The lowest BCUT2D eigenvalue weighted by atomic mass is 9.44. The Morgan fingerprint density at radius 3 is 2.67 bits per heavy atom. The summed E-state index contributed by atoms with van der Waals surface area (Å²) < 4.78 is 12.5. The fourth-order valence-electron chi connectivity index (χ4n) is 8.93. The molecule has 1 unspecified atom stereocenters. The van der Waals surface area contributed by atoms with Crippen LogP contribution in [0.1, 0.15) is 97.8 Å².